The van der Waals surface area contributed by atoms with Gasteiger partial charge in [0.25, 0.3) is 0 Å². The zero-order valence-electron chi connectivity index (χ0n) is 20.7. The maximum atomic E-state index is 5.51. The Morgan fingerprint density at radius 1 is 0.567 bits per heavy atom. The maximum absolute atomic E-state index is 5.51. The van der Waals surface area contributed by atoms with Crippen LogP contribution >= 0.6 is 0 Å². The minimum absolute atomic E-state index is 0. The number of nitrogens with zero attached hydrogens (tertiary/aromatic N) is 1. The van der Waals surface area contributed by atoms with Gasteiger partial charge in [0.05, 0.1) is 40.4 Å². The molecule has 0 aromatic heterocycles. The molecule has 0 aromatic rings. The van der Waals surface area contributed by atoms with Gasteiger partial charge in [-0.1, -0.05) is 38.5 Å². The first-order chi connectivity index (χ1) is 13.9. The van der Waals surface area contributed by atoms with Crippen LogP contribution in [-0.2, 0) is 22.8 Å². The number of quaternary nitrogens is 1. The summed E-state index contributed by atoms with van der Waals surface area (Å²) in [4.78, 5) is 0. The Labute approximate surface area is 205 Å². The van der Waals surface area contributed by atoms with Gasteiger partial charge >= 0.3 is 8.80 Å². The van der Waals surface area contributed by atoms with Gasteiger partial charge in [-0.2, -0.15) is 0 Å². The predicted octanol–water partition coefficient (Wildman–Crippen LogP) is 1.51. The maximum Gasteiger partial charge on any atom is 0.500 e. The van der Waals surface area contributed by atoms with E-state index < -0.39 is 8.80 Å². The Kier molecular flexibility index (Phi) is 23.6. The molecule has 0 fully saturated rings. The summed E-state index contributed by atoms with van der Waals surface area (Å²) in [6.45, 7) is 4.68. The van der Waals surface area contributed by atoms with Gasteiger partial charge in [0, 0.05) is 47.5 Å². The molecule has 0 spiro atoms. The lowest BCUT2D eigenvalue weighted by atomic mass is 10.1. The molecule has 0 bridgehead atoms. The predicted molar refractivity (Wildman–Crippen MR) is 122 cm³/mol. The van der Waals surface area contributed by atoms with Gasteiger partial charge in [-0.25, -0.2) is 0 Å². The fraction of sp³-hybridized carbons (Fsp3) is 1.00. The van der Waals surface area contributed by atoms with Crippen LogP contribution < -0.4 is 24.0 Å². The molecule has 0 rings (SSSR count). The molecular weight excluding hydrogens is 513 g/mol. The zero-order valence-corrected chi connectivity index (χ0v) is 23.8. The number of hydrogen-bond donors (Lipinski definition) is 0. The summed E-state index contributed by atoms with van der Waals surface area (Å²) in [5, 5.41) is 0. The first kappa shape index (κ1) is 32.9. The van der Waals surface area contributed by atoms with Crippen molar-refractivity contribution in [2.24, 2.45) is 0 Å². The van der Waals surface area contributed by atoms with Crippen molar-refractivity contribution < 1.29 is 51.2 Å². The Morgan fingerprint density at radius 3 is 1.53 bits per heavy atom. The molecule has 8 heteroatoms. The third-order valence-electron chi connectivity index (χ3n) is 5.66. The molecule has 0 amide bonds. The molecule has 0 aliphatic carbocycles. The van der Waals surface area contributed by atoms with Crippen molar-refractivity contribution in [3.63, 3.8) is 0 Å². The van der Waals surface area contributed by atoms with Crippen molar-refractivity contribution in [3.05, 3.63) is 0 Å². The number of methoxy groups -OCH3 is 1. The van der Waals surface area contributed by atoms with Crippen LogP contribution in [0, 0.1) is 0 Å². The molecule has 0 aromatic carbocycles. The summed E-state index contributed by atoms with van der Waals surface area (Å²) in [5.74, 6) is 0. The second-order valence-electron chi connectivity index (χ2n) is 8.57. The van der Waals surface area contributed by atoms with E-state index in [4.69, 9.17) is 22.8 Å². The summed E-state index contributed by atoms with van der Waals surface area (Å²) >= 11 is 0. The van der Waals surface area contributed by atoms with E-state index in [1.165, 1.54) is 64.3 Å². The second kappa shape index (κ2) is 21.5. The molecule has 0 heterocycles. The lowest BCUT2D eigenvalue weighted by Crippen LogP contribution is -3.00. The number of rotatable bonds is 22. The van der Waals surface area contributed by atoms with Gasteiger partial charge in [-0.3, -0.25) is 0 Å². The van der Waals surface area contributed by atoms with Gasteiger partial charge in [0.2, 0.25) is 0 Å². The van der Waals surface area contributed by atoms with Crippen molar-refractivity contribution in [1.82, 2.24) is 0 Å². The molecule has 0 saturated heterocycles. The molecular formula is C22H50INO5Si. The molecule has 0 saturated carbocycles. The Balaban J connectivity index is 0. The largest absolute Gasteiger partial charge is 1.00 e. The minimum Gasteiger partial charge on any atom is -1.00 e. The summed E-state index contributed by atoms with van der Waals surface area (Å²) in [6.07, 6.45) is 13.0. The lowest BCUT2D eigenvalue weighted by Gasteiger charge is -2.31. The second-order valence-corrected chi connectivity index (χ2v) is 11.7. The molecule has 0 unspecified atom stereocenters. The number of unbranched alkanes of at least 4 members (excludes halogenated alkanes) is 8. The fourth-order valence-electron chi connectivity index (χ4n) is 3.62. The average Bonchev–Trinajstić information content (AvgIpc) is 2.71. The first-order valence-corrected chi connectivity index (χ1v) is 13.4. The third-order valence-corrected chi connectivity index (χ3v) is 8.50. The molecule has 30 heavy (non-hydrogen) atoms. The van der Waals surface area contributed by atoms with E-state index in [9.17, 15) is 0 Å². The molecule has 0 N–H and O–H groups in total. The normalized spacial score (nSPS) is 12.2. The van der Waals surface area contributed by atoms with Crippen LogP contribution in [0.4, 0.5) is 0 Å². The summed E-state index contributed by atoms with van der Waals surface area (Å²) in [5.41, 5.74) is 0. The fourth-order valence-corrected chi connectivity index (χ4v) is 5.32. The zero-order chi connectivity index (χ0) is 21.8. The highest BCUT2D eigenvalue weighted by molar-refractivity contribution is 6.60. The van der Waals surface area contributed by atoms with Crippen LogP contribution in [0.15, 0.2) is 0 Å². The molecule has 0 aliphatic rings. The van der Waals surface area contributed by atoms with Crippen LogP contribution in [0.3, 0.4) is 0 Å². The van der Waals surface area contributed by atoms with Crippen molar-refractivity contribution in [1.29, 1.82) is 0 Å². The van der Waals surface area contributed by atoms with E-state index in [0.717, 1.165) is 36.7 Å². The highest BCUT2D eigenvalue weighted by Crippen LogP contribution is 2.17. The van der Waals surface area contributed by atoms with Crippen LogP contribution in [0.1, 0.15) is 64.2 Å². The van der Waals surface area contributed by atoms with E-state index in [-0.39, 0.29) is 24.0 Å². The molecule has 6 nitrogen and oxygen atoms in total. The number of hydrogen-bond acceptors (Lipinski definition) is 5. The molecule has 0 aliphatic heterocycles. The third kappa shape index (κ3) is 18.3. The summed E-state index contributed by atoms with van der Waals surface area (Å²) in [7, 11) is 9.03. The van der Waals surface area contributed by atoms with Crippen LogP contribution in [-0.4, -0.2) is 88.7 Å². The highest BCUT2D eigenvalue weighted by Gasteiger charge is 2.37. The van der Waals surface area contributed by atoms with E-state index in [1.807, 2.05) is 0 Å². The topological polar surface area (TPSA) is 46.2 Å². The van der Waals surface area contributed by atoms with Crippen molar-refractivity contribution in [3.8, 4) is 0 Å². The van der Waals surface area contributed by atoms with E-state index in [1.54, 1.807) is 28.4 Å². The van der Waals surface area contributed by atoms with Crippen LogP contribution in [0.2, 0.25) is 6.04 Å². The summed E-state index contributed by atoms with van der Waals surface area (Å²) in [6, 6.07) is 0.886. The van der Waals surface area contributed by atoms with Crippen LogP contribution in [0.5, 0.6) is 0 Å². The molecule has 184 valence electrons. The summed E-state index contributed by atoms with van der Waals surface area (Å²) < 4.78 is 28.1. The van der Waals surface area contributed by atoms with E-state index >= 15 is 0 Å². The highest BCUT2D eigenvalue weighted by atomic mass is 127. The van der Waals surface area contributed by atoms with E-state index in [0.29, 0.717) is 6.61 Å². The number of ether oxygens (including phenoxy) is 2. The quantitative estimate of drug-likeness (QED) is 0.0866. The van der Waals surface area contributed by atoms with Gasteiger partial charge in [0.15, 0.2) is 0 Å². The average molecular weight is 564 g/mol. The first-order valence-electron chi connectivity index (χ1n) is 11.5. The number of halogens is 1. The molecule has 0 atom stereocenters. The Bertz CT molecular complexity index is 352. The minimum atomic E-state index is -2.41. The van der Waals surface area contributed by atoms with Gasteiger partial charge in [0.1, 0.15) is 0 Å². The Morgan fingerprint density at radius 2 is 1.03 bits per heavy atom. The molecule has 0 radical (unpaired) electrons. The van der Waals surface area contributed by atoms with Crippen molar-refractivity contribution >= 4 is 8.80 Å². The SMILES string of the molecule is COCCOCCCCCCCCCCC[N+](C)(C)CCC[Si](OC)(OC)OC.[I-]. The van der Waals surface area contributed by atoms with Crippen molar-refractivity contribution in [2.45, 2.75) is 70.3 Å². The van der Waals surface area contributed by atoms with Gasteiger partial charge in [-0.05, 0) is 19.3 Å². The van der Waals surface area contributed by atoms with E-state index in [2.05, 4.69) is 14.1 Å². The van der Waals surface area contributed by atoms with Gasteiger partial charge in [-0.15, -0.1) is 0 Å². The van der Waals surface area contributed by atoms with Gasteiger partial charge < -0.3 is 51.2 Å². The lowest BCUT2D eigenvalue weighted by molar-refractivity contribution is -0.890. The standard InChI is InChI=1S/C22H50NO5Si.HI/c1-23(2,18-16-22-29(25-4,26-5)27-6)17-14-12-10-8-7-9-11-13-15-19-28-21-20-24-3;/h7-22H2,1-6H3;1H/q+1;/p-1. The van der Waals surface area contributed by atoms with Crippen LogP contribution in [0.25, 0.3) is 0 Å². The Hall–Kier alpha value is 0.707. The van der Waals surface area contributed by atoms with Crippen molar-refractivity contribution in [2.75, 3.05) is 75.4 Å². The smallest absolute Gasteiger partial charge is 0.500 e. The monoisotopic (exact) mass is 563 g/mol.